The highest BCUT2D eigenvalue weighted by atomic mass is 35.5. The van der Waals surface area contributed by atoms with E-state index in [0.717, 1.165) is 30.0 Å². The van der Waals surface area contributed by atoms with Gasteiger partial charge in [-0.05, 0) is 57.2 Å². The number of halogens is 8. The minimum Gasteiger partial charge on any atom is -0.467 e. The minimum atomic E-state index is -4.86. The van der Waals surface area contributed by atoms with Crippen LogP contribution in [0.15, 0.2) is 12.1 Å². The van der Waals surface area contributed by atoms with Crippen LogP contribution in [0.3, 0.4) is 0 Å². The Balaban J connectivity index is 0.000000433. The molecule has 0 bridgehead atoms. The summed E-state index contributed by atoms with van der Waals surface area (Å²) in [5, 5.41) is 4.42. The molecule has 294 valence electrons. The SMILES string of the molecule is COc1nc2c(c(N3CCCn4nc(C(=O)N5CCCC5C(F)F)c(Cl)c4C3)n1)COC(c1c(C(F)(F)F)ccc(N)c1F)C2.FC1CC2CCCN2C1. The Hall–Kier alpha value is -3.90. The quantitative estimate of drug-likeness (QED) is 0.233. The summed E-state index contributed by atoms with van der Waals surface area (Å²) in [5.74, 6) is -1.52. The summed E-state index contributed by atoms with van der Waals surface area (Å²) < 4.78 is 109. The summed E-state index contributed by atoms with van der Waals surface area (Å²) in [7, 11) is 1.33. The molecule has 3 fully saturated rings. The summed E-state index contributed by atoms with van der Waals surface area (Å²) in [4.78, 5) is 27.3. The molecule has 8 rings (SSSR count). The van der Waals surface area contributed by atoms with Crippen molar-refractivity contribution in [2.75, 3.05) is 43.9 Å². The molecule has 0 radical (unpaired) electrons. The van der Waals surface area contributed by atoms with Gasteiger partial charge in [0.05, 0.1) is 60.1 Å². The van der Waals surface area contributed by atoms with Crippen LogP contribution in [-0.4, -0.2) is 93.4 Å². The first-order chi connectivity index (χ1) is 25.7. The van der Waals surface area contributed by atoms with Gasteiger partial charge in [0.2, 0.25) is 0 Å². The zero-order valence-electron chi connectivity index (χ0n) is 29.4. The number of nitrogens with two attached hydrogens (primary N) is 1. The number of amides is 1. The number of nitrogens with zero attached hydrogens (tertiary/aromatic N) is 7. The van der Waals surface area contributed by atoms with Crippen LogP contribution in [0.25, 0.3) is 0 Å². The lowest BCUT2D eigenvalue weighted by atomic mass is 9.94. The van der Waals surface area contributed by atoms with Crippen LogP contribution < -0.4 is 15.4 Å². The first-order valence-electron chi connectivity index (χ1n) is 17.9. The molecule has 0 spiro atoms. The molecule has 1 aromatic carbocycles. The van der Waals surface area contributed by atoms with Crippen molar-refractivity contribution in [1.29, 1.82) is 0 Å². The molecule has 4 atom stereocenters. The molecule has 54 heavy (non-hydrogen) atoms. The van der Waals surface area contributed by atoms with Crippen molar-refractivity contribution in [2.24, 2.45) is 0 Å². The van der Waals surface area contributed by atoms with Crippen LogP contribution >= 0.6 is 11.6 Å². The maximum atomic E-state index is 15.1. The van der Waals surface area contributed by atoms with Gasteiger partial charge >= 0.3 is 12.2 Å². The molecule has 5 aliphatic rings. The lowest BCUT2D eigenvalue weighted by molar-refractivity contribution is -0.140. The highest BCUT2D eigenvalue weighted by Crippen LogP contribution is 2.43. The van der Waals surface area contributed by atoms with Gasteiger partial charge < -0.3 is 25.0 Å². The van der Waals surface area contributed by atoms with Gasteiger partial charge in [-0.3, -0.25) is 14.4 Å². The smallest absolute Gasteiger partial charge is 0.416 e. The van der Waals surface area contributed by atoms with Crippen LogP contribution in [0.4, 0.5) is 42.2 Å². The third-order valence-electron chi connectivity index (χ3n) is 10.8. The predicted octanol–water partition coefficient (Wildman–Crippen LogP) is 6.36. The van der Waals surface area contributed by atoms with Crippen LogP contribution in [-0.2, 0) is 37.0 Å². The van der Waals surface area contributed by atoms with Crippen LogP contribution in [0.5, 0.6) is 6.01 Å². The van der Waals surface area contributed by atoms with E-state index in [2.05, 4.69) is 20.0 Å². The van der Waals surface area contributed by atoms with E-state index < -0.39 is 59.5 Å². The number of hydrogen-bond donors (Lipinski definition) is 1. The standard InChI is InChI=1S/C28H28ClF6N7O3.C7H12FN/c1-44-27-37-16-10-19(20-14(28(33,34)35)5-6-15(36)22(20)30)45-12-13(16)25(38-27)40-7-3-9-42-18(11-40)21(29)23(39-42)26(43)41-8-2-4-17(41)24(31)32;8-6-4-7-2-1-3-9(7)5-6/h5-6,17,19,24H,2-4,7-12,36H2,1H3;6-7H,1-5H2. The average molecular weight is 789 g/mol. The first-order valence-corrected chi connectivity index (χ1v) is 18.3. The van der Waals surface area contributed by atoms with Crippen molar-refractivity contribution in [3.8, 4) is 6.01 Å². The number of carbonyl (C=O) groups excluding carboxylic acids is 1. The molecule has 2 N–H and O–H groups in total. The first kappa shape index (κ1) is 38.4. The molecule has 4 unspecified atom stereocenters. The topological polar surface area (TPSA) is 115 Å². The maximum Gasteiger partial charge on any atom is 0.416 e. The number of hydrogen-bond acceptors (Lipinski definition) is 9. The normalized spacial score (nSPS) is 24.2. The van der Waals surface area contributed by atoms with Gasteiger partial charge in [-0.25, -0.2) is 17.6 Å². The number of likely N-dealkylation sites (tertiary alicyclic amines) is 1. The summed E-state index contributed by atoms with van der Waals surface area (Å²) in [6.07, 6.45) is -5.14. The van der Waals surface area contributed by atoms with Crippen LogP contribution in [0, 0.1) is 5.82 Å². The zero-order valence-corrected chi connectivity index (χ0v) is 30.2. The molecule has 0 saturated carbocycles. The number of aromatic nitrogens is 4. The number of carbonyl (C=O) groups is 1. The summed E-state index contributed by atoms with van der Waals surface area (Å²) in [6.45, 7) is 2.69. The van der Waals surface area contributed by atoms with Crippen molar-refractivity contribution < 1.29 is 45.0 Å². The van der Waals surface area contributed by atoms with Crippen molar-refractivity contribution >= 4 is 29.0 Å². The number of aryl methyl sites for hydroxylation is 1. The number of ether oxygens (including phenoxy) is 2. The van der Waals surface area contributed by atoms with E-state index in [4.69, 9.17) is 26.8 Å². The molecule has 5 aliphatic heterocycles. The largest absolute Gasteiger partial charge is 0.467 e. The molecular weight excluding hydrogens is 749 g/mol. The average Bonchev–Trinajstić information content (AvgIpc) is 3.90. The van der Waals surface area contributed by atoms with Gasteiger partial charge in [0, 0.05) is 49.8 Å². The van der Waals surface area contributed by atoms with Gasteiger partial charge in [-0.2, -0.15) is 28.2 Å². The van der Waals surface area contributed by atoms with Crippen molar-refractivity contribution in [2.45, 2.75) is 102 Å². The lowest BCUT2D eigenvalue weighted by Gasteiger charge is -2.31. The Kier molecular flexibility index (Phi) is 10.9. The maximum absolute atomic E-state index is 15.1. The number of rotatable bonds is 5. The number of fused-ring (bicyclic) bond motifs is 3. The molecule has 7 heterocycles. The predicted molar refractivity (Wildman–Crippen MR) is 183 cm³/mol. The second-order valence-electron chi connectivity index (χ2n) is 14.2. The van der Waals surface area contributed by atoms with Crippen molar-refractivity contribution in [3.63, 3.8) is 0 Å². The Labute approximate surface area is 311 Å². The minimum absolute atomic E-state index is 0.0369. The molecule has 19 heteroatoms. The molecule has 2 aromatic heterocycles. The van der Waals surface area contributed by atoms with E-state index in [9.17, 15) is 31.1 Å². The van der Waals surface area contributed by atoms with Gasteiger partial charge in [-0.15, -0.1) is 0 Å². The molecule has 3 saturated heterocycles. The monoisotopic (exact) mass is 788 g/mol. The Bertz CT molecular complexity index is 1870. The third kappa shape index (κ3) is 7.40. The van der Waals surface area contributed by atoms with Crippen molar-refractivity contribution in [1.82, 2.24) is 29.5 Å². The van der Waals surface area contributed by atoms with Gasteiger partial charge in [0.1, 0.15) is 12.0 Å². The molecule has 11 nitrogen and oxygen atoms in total. The Morgan fingerprint density at radius 3 is 2.59 bits per heavy atom. The highest BCUT2D eigenvalue weighted by molar-refractivity contribution is 6.34. The van der Waals surface area contributed by atoms with Gasteiger partial charge in [-0.1, -0.05) is 11.6 Å². The van der Waals surface area contributed by atoms with E-state index in [1.807, 2.05) is 4.90 Å². The fraction of sp³-hybridized carbons (Fsp3) is 0.600. The lowest BCUT2D eigenvalue weighted by Crippen LogP contribution is -2.40. The highest BCUT2D eigenvalue weighted by Gasteiger charge is 2.41. The third-order valence-corrected chi connectivity index (χ3v) is 11.2. The zero-order chi connectivity index (χ0) is 38.5. The number of anilines is 2. The van der Waals surface area contributed by atoms with E-state index in [-0.39, 0.29) is 49.3 Å². The Morgan fingerprint density at radius 2 is 1.87 bits per heavy atom. The van der Waals surface area contributed by atoms with Crippen molar-refractivity contribution in [3.05, 3.63) is 56.7 Å². The van der Waals surface area contributed by atoms with Gasteiger partial charge in [0.25, 0.3) is 12.3 Å². The summed E-state index contributed by atoms with van der Waals surface area (Å²) in [6, 6.07) is 0.917. The summed E-state index contributed by atoms with van der Waals surface area (Å²) in [5.41, 5.74) is 4.38. The van der Waals surface area contributed by atoms with E-state index in [1.54, 1.807) is 4.68 Å². The summed E-state index contributed by atoms with van der Waals surface area (Å²) >= 11 is 6.67. The molecule has 0 aliphatic carbocycles. The fourth-order valence-electron chi connectivity index (χ4n) is 8.21. The Morgan fingerprint density at radius 1 is 1.09 bits per heavy atom. The number of benzene rings is 1. The molecule has 3 aromatic rings. The van der Waals surface area contributed by atoms with E-state index >= 15 is 4.39 Å². The fourth-order valence-corrected chi connectivity index (χ4v) is 8.49. The van der Waals surface area contributed by atoms with Crippen LogP contribution in [0.1, 0.15) is 83.2 Å². The number of alkyl halides is 6. The molecule has 1 amide bonds. The second-order valence-corrected chi connectivity index (χ2v) is 14.5. The van der Waals surface area contributed by atoms with Gasteiger partial charge in [0.15, 0.2) is 11.5 Å². The number of methoxy groups -OCH3 is 1. The van der Waals surface area contributed by atoms with E-state index in [1.165, 1.54) is 20.0 Å². The van der Waals surface area contributed by atoms with E-state index in [0.29, 0.717) is 61.3 Å². The molecular formula is C35H40ClF7N8O3. The number of nitrogen functional groups attached to an aromatic ring is 1. The second kappa shape index (κ2) is 15.3. The van der Waals surface area contributed by atoms with Crippen LogP contribution in [0.2, 0.25) is 5.02 Å².